The number of carboxylic acids is 2. The van der Waals surface area contributed by atoms with Gasteiger partial charge in [-0.2, -0.15) is 0 Å². The van der Waals surface area contributed by atoms with Crippen molar-refractivity contribution >= 4 is 11.9 Å². The molecule has 0 aromatic rings. The minimum Gasteiger partial charge on any atom is -0.479 e. The first kappa shape index (κ1) is 17.2. The fourth-order valence-corrected chi connectivity index (χ4v) is 0.270. The maximum Gasteiger partial charge on any atom is 0.335 e. The smallest absolute Gasteiger partial charge is 0.335 e. The first-order chi connectivity index (χ1) is 7.11. The molecule has 8 heteroatoms. The third-order valence-corrected chi connectivity index (χ3v) is 1.55. The first-order valence-corrected chi connectivity index (χ1v) is 4.27. The summed E-state index contributed by atoms with van der Waals surface area (Å²) in [6.45, 7) is 1.72. The highest BCUT2D eigenvalue weighted by molar-refractivity contribution is 5.83. The summed E-state index contributed by atoms with van der Waals surface area (Å²) in [6, 6.07) is 0. The molecule has 0 aromatic carbocycles. The van der Waals surface area contributed by atoms with Crippen LogP contribution in [0.3, 0.4) is 0 Å². The second-order valence-electron chi connectivity index (χ2n) is 3.16. The molecule has 0 bridgehead atoms. The van der Waals surface area contributed by atoms with Crippen LogP contribution in [0.5, 0.6) is 0 Å². The molecule has 0 aliphatic rings. The predicted molar refractivity (Wildman–Crippen MR) is 52.7 cm³/mol. The summed E-state index contributed by atoms with van der Waals surface area (Å²) in [4.78, 5) is 21.3. The first-order valence-electron chi connectivity index (χ1n) is 4.27. The average Bonchev–Trinajstić information content (AvgIpc) is 2.15. The molecule has 96 valence electrons. The second-order valence-corrected chi connectivity index (χ2v) is 3.16. The van der Waals surface area contributed by atoms with Crippen molar-refractivity contribution in [3.63, 3.8) is 0 Å². The number of carbonyl (C=O) groups is 2. The van der Waals surface area contributed by atoms with Gasteiger partial charge in [-0.05, 0) is 21.0 Å². The van der Waals surface area contributed by atoms with Crippen molar-refractivity contribution in [1.82, 2.24) is 4.90 Å². The summed E-state index contributed by atoms with van der Waals surface area (Å²) >= 11 is 0. The van der Waals surface area contributed by atoms with Gasteiger partial charge in [-0.3, -0.25) is 4.90 Å². The minimum absolute atomic E-state index is 0.315. The predicted octanol–water partition coefficient (Wildman–Crippen LogP) is -2.24. The van der Waals surface area contributed by atoms with E-state index >= 15 is 0 Å². The fraction of sp³-hybridized carbons (Fsp3) is 0.750. The number of rotatable bonds is 4. The van der Waals surface area contributed by atoms with Gasteiger partial charge in [-0.15, -0.1) is 0 Å². The third-order valence-electron chi connectivity index (χ3n) is 1.55. The molecule has 0 fully saturated rings. The lowest BCUT2D eigenvalue weighted by atomic mass is 10.2. The van der Waals surface area contributed by atoms with Gasteiger partial charge in [0.05, 0.1) is 0 Å². The van der Waals surface area contributed by atoms with Crippen molar-refractivity contribution in [2.24, 2.45) is 0 Å². The van der Waals surface area contributed by atoms with Crippen LogP contribution in [-0.4, -0.2) is 74.9 Å². The SMILES string of the molecule is CC(O)N(C)C.O=C(O)C(O)C(O)C(=O)O. The highest BCUT2D eigenvalue weighted by Gasteiger charge is 2.29. The average molecular weight is 239 g/mol. The van der Waals surface area contributed by atoms with E-state index < -0.39 is 24.1 Å². The molecule has 0 amide bonds. The van der Waals surface area contributed by atoms with Crippen molar-refractivity contribution < 1.29 is 35.1 Å². The maximum absolute atomic E-state index is 9.77. The molecule has 0 saturated heterocycles. The van der Waals surface area contributed by atoms with Crippen LogP contribution in [-0.2, 0) is 9.59 Å². The number of aliphatic hydroxyl groups excluding tert-OH is 3. The molecule has 0 aliphatic carbocycles. The van der Waals surface area contributed by atoms with Gasteiger partial charge < -0.3 is 25.5 Å². The van der Waals surface area contributed by atoms with Crippen LogP contribution in [0.4, 0.5) is 0 Å². The number of hydrogen-bond acceptors (Lipinski definition) is 6. The second kappa shape index (κ2) is 7.99. The van der Waals surface area contributed by atoms with Gasteiger partial charge >= 0.3 is 11.9 Å². The monoisotopic (exact) mass is 239 g/mol. The van der Waals surface area contributed by atoms with E-state index in [-0.39, 0.29) is 6.23 Å². The van der Waals surface area contributed by atoms with Crippen LogP contribution in [0.15, 0.2) is 0 Å². The highest BCUT2D eigenvalue weighted by Crippen LogP contribution is 1.92. The molecular weight excluding hydrogens is 222 g/mol. The van der Waals surface area contributed by atoms with E-state index in [1.54, 1.807) is 11.8 Å². The Bertz CT molecular complexity index is 204. The lowest BCUT2D eigenvalue weighted by Crippen LogP contribution is -2.39. The zero-order chi connectivity index (χ0) is 13.5. The Morgan fingerprint density at radius 3 is 1.19 bits per heavy atom. The van der Waals surface area contributed by atoms with Crippen molar-refractivity contribution in [2.45, 2.75) is 25.4 Å². The Kier molecular flexibility index (Phi) is 8.58. The van der Waals surface area contributed by atoms with E-state index in [1.807, 2.05) is 14.1 Å². The number of aliphatic hydroxyl groups is 3. The molecule has 0 aromatic heterocycles. The summed E-state index contributed by atoms with van der Waals surface area (Å²) in [7, 11) is 3.65. The molecule has 3 unspecified atom stereocenters. The number of carboxylic acid groups (broad SMARTS) is 2. The maximum atomic E-state index is 9.77. The summed E-state index contributed by atoms with van der Waals surface area (Å²) in [5, 5.41) is 41.1. The van der Waals surface area contributed by atoms with Crippen molar-refractivity contribution in [1.29, 1.82) is 0 Å². The Hall–Kier alpha value is -1.22. The van der Waals surface area contributed by atoms with Crippen molar-refractivity contribution in [3.05, 3.63) is 0 Å². The molecule has 5 N–H and O–H groups in total. The third kappa shape index (κ3) is 8.12. The van der Waals surface area contributed by atoms with Crippen LogP contribution < -0.4 is 0 Å². The lowest BCUT2D eigenvalue weighted by Gasteiger charge is -2.11. The zero-order valence-corrected chi connectivity index (χ0v) is 9.23. The number of aliphatic carboxylic acids is 2. The largest absolute Gasteiger partial charge is 0.479 e. The molecule has 3 atom stereocenters. The van der Waals surface area contributed by atoms with E-state index in [1.165, 1.54) is 0 Å². The fourth-order valence-electron chi connectivity index (χ4n) is 0.270. The van der Waals surface area contributed by atoms with E-state index in [2.05, 4.69) is 0 Å². The molecule has 0 aliphatic heterocycles. The van der Waals surface area contributed by atoms with Gasteiger partial charge in [0.25, 0.3) is 0 Å². The van der Waals surface area contributed by atoms with E-state index in [0.717, 1.165) is 0 Å². The van der Waals surface area contributed by atoms with Gasteiger partial charge in [0.15, 0.2) is 12.2 Å². The zero-order valence-electron chi connectivity index (χ0n) is 9.23. The quantitative estimate of drug-likeness (QED) is 0.347. The number of nitrogens with zero attached hydrogens (tertiary/aromatic N) is 1. The Morgan fingerprint density at radius 2 is 1.12 bits per heavy atom. The lowest BCUT2D eigenvalue weighted by molar-refractivity contribution is -0.165. The van der Waals surface area contributed by atoms with E-state index in [0.29, 0.717) is 0 Å². The normalized spacial score (nSPS) is 15.7. The van der Waals surface area contributed by atoms with Crippen LogP contribution in [0.25, 0.3) is 0 Å². The van der Waals surface area contributed by atoms with Crippen LogP contribution in [0, 0.1) is 0 Å². The minimum atomic E-state index is -2.27. The molecule has 16 heavy (non-hydrogen) atoms. The van der Waals surface area contributed by atoms with Gasteiger partial charge in [0.1, 0.15) is 6.23 Å². The summed E-state index contributed by atoms with van der Waals surface area (Å²) in [5.74, 6) is -3.54. The van der Waals surface area contributed by atoms with Gasteiger partial charge in [0, 0.05) is 0 Å². The molecular formula is C8H17NO7. The Balaban J connectivity index is 0. The molecule has 0 radical (unpaired) electrons. The van der Waals surface area contributed by atoms with E-state index in [9.17, 15) is 9.59 Å². The number of hydrogen-bond donors (Lipinski definition) is 5. The van der Waals surface area contributed by atoms with Crippen molar-refractivity contribution in [3.8, 4) is 0 Å². The molecule has 0 heterocycles. The summed E-state index contributed by atoms with van der Waals surface area (Å²) in [5.41, 5.74) is 0. The van der Waals surface area contributed by atoms with E-state index in [4.69, 9.17) is 25.5 Å². The highest BCUT2D eigenvalue weighted by atomic mass is 16.4. The van der Waals surface area contributed by atoms with Gasteiger partial charge in [-0.1, -0.05) is 0 Å². The van der Waals surface area contributed by atoms with Crippen LogP contribution >= 0.6 is 0 Å². The van der Waals surface area contributed by atoms with Crippen LogP contribution in [0.2, 0.25) is 0 Å². The van der Waals surface area contributed by atoms with Crippen LogP contribution in [0.1, 0.15) is 6.92 Å². The molecule has 8 nitrogen and oxygen atoms in total. The molecule has 0 spiro atoms. The van der Waals surface area contributed by atoms with Gasteiger partial charge in [-0.25, -0.2) is 9.59 Å². The summed E-state index contributed by atoms with van der Waals surface area (Å²) < 4.78 is 0. The van der Waals surface area contributed by atoms with Gasteiger partial charge in [0.2, 0.25) is 0 Å². The topological polar surface area (TPSA) is 139 Å². The molecule has 0 saturated carbocycles. The standard InChI is InChI=1S/C4H11NO.C4H6O6/c1-4(6)5(2)3;5-1(3(7)8)2(6)4(9)10/h4,6H,1-3H3;1-2,5-6H,(H,7,8)(H,9,10). The van der Waals surface area contributed by atoms with Crippen molar-refractivity contribution in [2.75, 3.05) is 14.1 Å². The summed E-state index contributed by atoms with van der Waals surface area (Å²) in [6.07, 6.45) is -4.85. The molecule has 0 rings (SSSR count). The Morgan fingerprint density at radius 1 is 0.938 bits per heavy atom. The Labute approximate surface area is 92.4 Å².